The van der Waals surface area contributed by atoms with Crippen molar-refractivity contribution in [2.45, 2.75) is 39.2 Å². The highest BCUT2D eigenvalue weighted by Crippen LogP contribution is 2.32. The molecule has 6 heteroatoms. The zero-order valence-corrected chi connectivity index (χ0v) is 24.0. The number of fused-ring (bicyclic) bond motifs is 1. The van der Waals surface area contributed by atoms with Crippen molar-refractivity contribution in [1.82, 2.24) is 4.57 Å². The molecule has 1 aromatic heterocycles. The molecular formula is C36H36N2O4. The fraction of sp³-hybridized carbons (Fsp3) is 0.222. The molecule has 0 fully saturated rings. The number of amides is 1. The van der Waals surface area contributed by atoms with E-state index in [1.807, 2.05) is 36.4 Å². The number of carboxylic acid groups (broad SMARTS) is 1. The minimum Gasteiger partial charge on any atom is -0.491 e. The first-order valence-electron chi connectivity index (χ1n) is 14.4. The maximum absolute atomic E-state index is 13.3. The Kier molecular flexibility index (Phi) is 9.02. The number of rotatable bonds is 12. The van der Waals surface area contributed by atoms with Gasteiger partial charge in [-0.2, -0.15) is 0 Å². The molecular weight excluding hydrogens is 524 g/mol. The second-order valence-electron chi connectivity index (χ2n) is 10.9. The predicted octanol–water partition coefficient (Wildman–Crippen LogP) is 7.97. The average Bonchev–Trinajstić information content (AvgIpc) is 3.40. The lowest BCUT2D eigenvalue weighted by molar-refractivity contribution is -0.137. The third kappa shape index (κ3) is 6.89. The maximum atomic E-state index is 13.3. The highest BCUT2D eigenvalue weighted by molar-refractivity contribution is 6.07. The molecule has 1 heterocycles. The van der Waals surface area contributed by atoms with Crippen LogP contribution in [-0.4, -0.2) is 28.2 Å². The van der Waals surface area contributed by atoms with Crippen LogP contribution in [0.2, 0.25) is 0 Å². The number of hydrogen-bond donors (Lipinski definition) is 2. The topological polar surface area (TPSA) is 80.6 Å². The monoisotopic (exact) mass is 560 g/mol. The van der Waals surface area contributed by atoms with Crippen LogP contribution in [0.15, 0.2) is 109 Å². The van der Waals surface area contributed by atoms with Crippen LogP contribution in [0, 0.1) is 5.92 Å². The van der Waals surface area contributed by atoms with Gasteiger partial charge < -0.3 is 19.7 Å². The Bertz CT molecular complexity index is 1660. The molecule has 0 spiro atoms. The summed E-state index contributed by atoms with van der Waals surface area (Å²) in [6, 6.07) is 34.4. The molecule has 1 atom stereocenters. The van der Waals surface area contributed by atoms with Gasteiger partial charge in [-0.3, -0.25) is 9.59 Å². The van der Waals surface area contributed by atoms with Gasteiger partial charge in [0.15, 0.2) is 0 Å². The van der Waals surface area contributed by atoms with Crippen LogP contribution in [-0.2, 0) is 11.2 Å². The Morgan fingerprint density at radius 2 is 1.57 bits per heavy atom. The molecule has 5 rings (SSSR count). The summed E-state index contributed by atoms with van der Waals surface area (Å²) in [5.41, 5.74) is 5.84. The molecule has 1 unspecified atom stereocenters. The van der Waals surface area contributed by atoms with E-state index in [1.165, 1.54) is 16.7 Å². The summed E-state index contributed by atoms with van der Waals surface area (Å²) >= 11 is 0. The van der Waals surface area contributed by atoms with E-state index in [0.29, 0.717) is 29.3 Å². The number of aliphatic carboxylic acids is 1. The first kappa shape index (κ1) is 28.7. The number of carbonyl (C=O) groups excluding carboxylic acids is 1. The van der Waals surface area contributed by atoms with Crippen molar-refractivity contribution in [3.05, 3.63) is 132 Å². The Balaban J connectivity index is 1.40. The number of nitrogens with one attached hydrogen (secondary N) is 1. The average molecular weight is 561 g/mol. The smallest absolute Gasteiger partial charge is 0.303 e. The molecule has 0 saturated heterocycles. The molecule has 4 aromatic carbocycles. The number of carbonyl (C=O) groups is 2. The van der Waals surface area contributed by atoms with Crippen LogP contribution in [0.1, 0.15) is 59.8 Å². The molecule has 2 N–H and O–H groups in total. The van der Waals surface area contributed by atoms with E-state index < -0.39 is 5.97 Å². The molecule has 5 aromatic rings. The van der Waals surface area contributed by atoms with E-state index in [-0.39, 0.29) is 25.0 Å². The Labute approximate surface area is 246 Å². The standard InChI is InChI=1S/C36H36N2O4/c1-25(2)23-26-14-16-28(17-15-26)35(27-9-4-3-5-10-27)38-21-20-29-24-30(18-19-32(29)38)36(41)37-31-11-6-7-12-33(31)42-22-8-13-34(39)40/h3-7,9-12,14-21,24-25,35H,8,13,22-23H2,1-2H3,(H,37,41)(H,39,40). The number of anilines is 1. The molecule has 6 nitrogen and oxygen atoms in total. The Hall–Kier alpha value is -4.84. The molecule has 0 bridgehead atoms. The van der Waals surface area contributed by atoms with Gasteiger partial charge >= 0.3 is 5.97 Å². The fourth-order valence-electron chi connectivity index (χ4n) is 5.28. The molecule has 42 heavy (non-hydrogen) atoms. The van der Waals surface area contributed by atoms with Crippen molar-refractivity contribution in [2.75, 3.05) is 11.9 Å². The number of nitrogens with zero attached hydrogens (tertiary/aromatic N) is 1. The molecule has 0 aliphatic heterocycles. The van der Waals surface area contributed by atoms with E-state index in [1.54, 1.807) is 12.1 Å². The van der Waals surface area contributed by atoms with Gasteiger partial charge in [0.25, 0.3) is 5.91 Å². The van der Waals surface area contributed by atoms with Gasteiger partial charge in [-0.25, -0.2) is 0 Å². The van der Waals surface area contributed by atoms with Crippen molar-refractivity contribution < 1.29 is 19.4 Å². The fourth-order valence-corrected chi connectivity index (χ4v) is 5.28. The van der Waals surface area contributed by atoms with Crippen molar-refractivity contribution in [3.8, 4) is 5.75 Å². The second kappa shape index (κ2) is 13.2. The van der Waals surface area contributed by atoms with E-state index in [2.05, 4.69) is 84.5 Å². The molecule has 0 saturated carbocycles. The molecule has 0 aliphatic rings. The van der Waals surface area contributed by atoms with Crippen LogP contribution >= 0.6 is 0 Å². The quantitative estimate of drug-likeness (QED) is 0.152. The summed E-state index contributed by atoms with van der Waals surface area (Å²) in [4.78, 5) is 24.1. The van der Waals surface area contributed by atoms with Gasteiger partial charge in [0.05, 0.1) is 18.3 Å². The zero-order valence-electron chi connectivity index (χ0n) is 24.0. The number of para-hydroxylation sites is 2. The van der Waals surface area contributed by atoms with Crippen molar-refractivity contribution in [3.63, 3.8) is 0 Å². The Morgan fingerprint density at radius 3 is 2.31 bits per heavy atom. The Morgan fingerprint density at radius 1 is 0.857 bits per heavy atom. The molecule has 0 aliphatic carbocycles. The zero-order chi connectivity index (χ0) is 29.5. The van der Waals surface area contributed by atoms with Crippen LogP contribution in [0.25, 0.3) is 10.9 Å². The van der Waals surface area contributed by atoms with Crippen molar-refractivity contribution in [1.29, 1.82) is 0 Å². The van der Waals surface area contributed by atoms with Crippen LogP contribution in [0.4, 0.5) is 5.69 Å². The van der Waals surface area contributed by atoms with E-state index in [4.69, 9.17) is 9.84 Å². The number of benzene rings is 4. The highest BCUT2D eigenvalue weighted by Gasteiger charge is 2.19. The van der Waals surface area contributed by atoms with E-state index >= 15 is 0 Å². The first-order chi connectivity index (χ1) is 20.4. The van der Waals surface area contributed by atoms with Crippen LogP contribution in [0.5, 0.6) is 5.75 Å². The van der Waals surface area contributed by atoms with E-state index in [9.17, 15) is 9.59 Å². The minimum absolute atomic E-state index is 0.0124. The molecule has 1 amide bonds. The number of carboxylic acids is 1. The first-order valence-corrected chi connectivity index (χ1v) is 14.4. The lowest BCUT2D eigenvalue weighted by Gasteiger charge is -2.22. The summed E-state index contributed by atoms with van der Waals surface area (Å²) in [7, 11) is 0. The summed E-state index contributed by atoms with van der Waals surface area (Å²) in [5, 5.41) is 12.8. The van der Waals surface area contributed by atoms with Crippen LogP contribution in [0.3, 0.4) is 0 Å². The predicted molar refractivity (Wildman–Crippen MR) is 167 cm³/mol. The third-order valence-corrected chi connectivity index (χ3v) is 7.24. The summed E-state index contributed by atoms with van der Waals surface area (Å²) in [6.07, 6.45) is 3.56. The normalized spacial score (nSPS) is 11.9. The second-order valence-corrected chi connectivity index (χ2v) is 10.9. The largest absolute Gasteiger partial charge is 0.491 e. The SMILES string of the molecule is CC(C)Cc1ccc(C(c2ccccc2)n2ccc3cc(C(=O)Nc4ccccc4OCCCC(=O)O)ccc32)cc1. The van der Waals surface area contributed by atoms with Gasteiger partial charge in [0, 0.05) is 29.1 Å². The van der Waals surface area contributed by atoms with Gasteiger partial charge in [0.2, 0.25) is 0 Å². The van der Waals surface area contributed by atoms with Crippen molar-refractivity contribution in [2.24, 2.45) is 5.92 Å². The summed E-state index contributed by atoms with van der Waals surface area (Å²) < 4.78 is 8.02. The summed E-state index contributed by atoms with van der Waals surface area (Å²) in [5.74, 6) is 0.00426. The number of hydrogen-bond acceptors (Lipinski definition) is 3. The highest BCUT2D eigenvalue weighted by atomic mass is 16.5. The minimum atomic E-state index is -0.862. The lowest BCUT2D eigenvalue weighted by Crippen LogP contribution is -2.14. The van der Waals surface area contributed by atoms with Gasteiger partial charge in [0.1, 0.15) is 5.75 Å². The lowest BCUT2D eigenvalue weighted by atomic mass is 9.95. The van der Waals surface area contributed by atoms with E-state index in [0.717, 1.165) is 17.3 Å². The van der Waals surface area contributed by atoms with Crippen LogP contribution < -0.4 is 10.1 Å². The van der Waals surface area contributed by atoms with Gasteiger partial charge in [-0.1, -0.05) is 80.6 Å². The number of aromatic nitrogens is 1. The third-order valence-electron chi connectivity index (χ3n) is 7.24. The van der Waals surface area contributed by atoms with Crippen molar-refractivity contribution >= 4 is 28.5 Å². The molecule has 0 radical (unpaired) electrons. The number of ether oxygens (including phenoxy) is 1. The van der Waals surface area contributed by atoms with Gasteiger partial charge in [-0.15, -0.1) is 0 Å². The maximum Gasteiger partial charge on any atom is 0.303 e. The van der Waals surface area contributed by atoms with Gasteiger partial charge in [-0.05, 0) is 71.8 Å². The molecule has 214 valence electrons. The summed E-state index contributed by atoms with van der Waals surface area (Å²) in [6.45, 7) is 4.72.